The Bertz CT molecular complexity index is 617. The highest BCUT2D eigenvalue weighted by molar-refractivity contribution is 8.26. The van der Waals surface area contributed by atoms with Gasteiger partial charge < -0.3 is 4.42 Å². The topological polar surface area (TPSA) is 33.5 Å². The van der Waals surface area contributed by atoms with E-state index >= 15 is 0 Å². The highest BCUT2D eigenvalue weighted by atomic mass is 32.2. The lowest BCUT2D eigenvalue weighted by molar-refractivity contribution is -0.121. The number of thiocarbonyl (C=S) groups is 1. The summed E-state index contributed by atoms with van der Waals surface area (Å²) in [5.41, 5.74) is 0. The first-order valence-corrected chi connectivity index (χ1v) is 7.78. The first-order chi connectivity index (χ1) is 9.60. The molecule has 2 atom stereocenters. The van der Waals surface area contributed by atoms with Crippen LogP contribution < -0.4 is 0 Å². The molecule has 0 bridgehead atoms. The second kappa shape index (κ2) is 5.22. The third-order valence-electron chi connectivity index (χ3n) is 3.58. The number of thioether (sulfide) groups is 1. The lowest BCUT2D eigenvalue weighted by Gasteiger charge is -2.10. The Morgan fingerprint density at radius 2 is 2.35 bits per heavy atom. The van der Waals surface area contributed by atoms with E-state index in [1.165, 1.54) is 18.2 Å². The van der Waals surface area contributed by atoms with Crippen molar-refractivity contribution in [2.24, 2.45) is 5.92 Å². The van der Waals surface area contributed by atoms with Gasteiger partial charge in [-0.15, -0.1) is 6.58 Å². The minimum absolute atomic E-state index is 0.0716. The van der Waals surface area contributed by atoms with Gasteiger partial charge in [-0.05, 0) is 24.5 Å². The van der Waals surface area contributed by atoms with Crippen molar-refractivity contribution in [3.05, 3.63) is 41.2 Å². The molecule has 1 aromatic heterocycles. The molecule has 1 aliphatic carbocycles. The largest absolute Gasteiger partial charge is 0.461 e. The van der Waals surface area contributed by atoms with Crippen molar-refractivity contribution in [1.29, 1.82) is 0 Å². The van der Waals surface area contributed by atoms with Crippen LogP contribution in [-0.2, 0) is 4.79 Å². The van der Waals surface area contributed by atoms with E-state index in [2.05, 4.69) is 13.5 Å². The van der Waals surface area contributed by atoms with E-state index < -0.39 is 0 Å². The van der Waals surface area contributed by atoms with Crippen molar-refractivity contribution in [3.8, 4) is 0 Å². The van der Waals surface area contributed by atoms with Crippen molar-refractivity contribution < 1.29 is 9.21 Å². The molecule has 1 saturated heterocycles. The van der Waals surface area contributed by atoms with Gasteiger partial charge in [0.15, 0.2) is 0 Å². The molecule has 0 unspecified atom stereocenters. The highest BCUT2D eigenvalue weighted by Gasteiger charge is 2.37. The quantitative estimate of drug-likeness (QED) is 0.481. The van der Waals surface area contributed by atoms with Gasteiger partial charge in [0.2, 0.25) is 0 Å². The van der Waals surface area contributed by atoms with E-state index in [-0.39, 0.29) is 5.91 Å². The minimum atomic E-state index is -0.0716. The first kappa shape index (κ1) is 13.6. The summed E-state index contributed by atoms with van der Waals surface area (Å²) in [6.45, 7) is 6.30. The number of furan rings is 1. The zero-order valence-electron chi connectivity index (χ0n) is 11.2. The lowest BCUT2D eigenvalue weighted by Crippen LogP contribution is -2.27. The summed E-state index contributed by atoms with van der Waals surface area (Å²) in [4.78, 5) is 14.3. The molecule has 2 fully saturated rings. The van der Waals surface area contributed by atoms with Gasteiger partial charge in [0.1, 0.15) is 15.8 Å². The van der Waals surface area contributed by atoms with Crippen LogP contribution in [0.15, 0.2) is 34.1 Å². The lowest BCUT2D eigenvalue weighted by atomic mass is 10.3. The SMILES string of the molecule is C=CCN1C(=O)/C(=C/c2ccc([C@@H]3C[C@H]3C)o2)SC1=S. The number of amides is 1. The fourth-order valence-electron chi connectivity index (χ4n) is 2.28. The Balaban J connectivity index is 1.78. The van der Waals surface area contributed by atoms with Gasteiger partial charge in [0, 0.05) is 18.5 Å². The molecule has 1 aliphatic heterocycles. The molecule has 104 valence electrons. The molecule has 5 heteroatoms. The van der Waals surface area contributed by atoms with Crippen LogP contribution in [0.4, 0.5) is 0 Å². The fraction of sp³-hybridized carbons (Fsp3) is 0.333. The van der Waals surface area contributed by atoms with Crippen molar-refractivity contribution in [3.63, 3.8) is 0 Å². The second-order valence-electron chi connectivity index (χ2n) is 5.14. The van der Waals surface area contributed by atoms with E-state index in [1.54, 1.807) is 17.1 Å². The summed E-state index contributed by atoms with van der Waals surface area (Å²) < 4.78 is 6.37. The maximum Gasteiger partial charge on any atom is 0.266 e. The van der Waals surface area contributed by atoms with E-state index in [0.29, 0.717) is 27.6 Å². The number of nitrogens with zero attached hydrogens (tertiary/aromatic N) is 1. The van der Waals surface area contributed by atoms with Crippen LogP contribution in [0.5, 0.6) is 0 Å². The Morgan fingerprint density at radius 1 is 1.60 bits per heavy atom. The molecule has 20 heavy (non-hydrogen) atoms. The number of carbonyl (C=O) groups excluding carboxylic acids is 1. The Labute approximate surface area is 127 Å². The number of hydrogen-bond donors (Lipinski definition) is 0. The standard InChI is InChI=1S/C15H15NO2S2/c1-3-6-16-14(17)13(20-15(16)19)8-10-4-5-12(18-10)11-7-9(11)2/h3-5,8-9,11H,1,6-7H2,2H3/b13-8-/t9-,11-/m1/s1. The van der Waals surface area contributed by atoms with Crippen LogP contribution in [-0.4, -0.2) is 21.7 Å². The summed E-state index contributed by atoms with van der Waals surface area (Å²) >= 11 is 6.51. The van der Waals surface area contributed by atoms with Crippen molar-refractivity contribution >= 4 is 40.3 Å². The number of rotatable bonds is 4. The predicted molar refractivity (Wildman–Crippen MR) is 85.3 cm³/mol. The molecule has 0 aromatic carbocycles. The van der Waals surface area contributed by atoms with Gasteiger partial charge in [-0.3, -0.25) is 9.69 Å². The summed E-state index contributed by atoms with van der Waals surface area (Å²) in [7, 11) is 0. The molecular weight excluding hydrogens is 290 g/mol. The van der Waals surface area contributed by atoms with Crippen LogP contribution in [0.1, 0.15) is 30.8 Å². The van der Waals surface area contributed by atoms with Crippen LogP contribution in [0.25, 0.3) is 6.08 Å². The molecule has 2 heterocycles. The van der Waals surface area contributed by atoms with Crippen molar-refractivity contribution in [1.82, 2.24) is 4.90 Å². The van der Waals surface area contributed by atoms with Gasteiger partial charge in [-0.1, -0.05) is 37.0 Å². The molecule has 0 radical (unpaired) electrons. The minimum Gasteiger partial charge on any atom is -0.461 e. The molecule has 2 aliphatic rings. The summed E-state index contributed by atoms with van der Waals surface area (Å²) in [5, 5.41) is 0. The molecule has 3 nitrogen and oxygen atoms in total. The van der Waals surface area contributed by atoms with Crippen LogP contribution in [0.2, 0.25) is 0 Å². The van der Waals surface area contributed by atoms with Gasteiger partial charge >= 0.3 is 0 Å². The van der Waals surface area contributed by atoms with Gasteiger partial charge in [0.05, 0.1) is 4.91 Å². The molecule has 1 amide bonds. The third-order valence-corrected chi connectivity index (χ3v) is 4.96. The molecule has 1 aromatic rings. The van der Waals surface area contributed by atoms with Crippen molar-refractivity contribution in [2.75, 3.05) is 6.54 Å². The smallest absolute Gasteiger partial charge is 0.266 e. The van der Waals surface area contributed by atoms with Crippen LogP contribution in [0, 0.1) is 5.92 Å². The second-order valence-corrected chi connectivity index (χ2v) is 6.82. The average Bonchev–Trinajstić information content (AvgIpc) is 2.86. The maximum absolute atomic E-state index is 12.2. The molecule has 1 saturated carbocycles. The fourth-order valence-corrected chi connectivity index (χ4v) is 3.53. The third kappa shape index (κ3) is 2.47. The molecular formula is C15H15NO2S2. The van der Waals surface area contributed by atoms with Crippen molar-refractivity contribution in [2.45, 2.75) is 19.3 Å². The summed E-state index contributed by atoms with van der Waals surface area (Å²) in [5.74, 6) is 2.92. The van der Waals surface area contributed by atoms with Gasteiger partial charge in [-0.2, -0.15) is 0 Å². The first-order valence-electron chi connectivity index (χ1n) is 6.56. The van der Waals surface area contributed by atoms with Crippen LogP contribution in [0.3, 0.4) is 0 Å². The number of hydrogen-bond acceptors (Lipinski definition) is 4. The monoisotopic (exact) mass is 305 g/mol. The maximum atomic E-state index is 12.2. The molecule has 0 spiro atoms. The van der Waals surface area contributed by atoms with Gasteiger partial charge in [0.25, 0.3) is 5.91 Å². The Hall–Kier alpha value is -1.33. The van der Waals surface area contributed by atoms with E-state index in [0.717, 1.165) is 11.5 Å². The Morgan fingerprint density at radius 3 is 3.00 bits per heavy atom. The van der Waals surface area contributed by atoms with E-state index in [4.69, 9.17) is 16.6 Å². The van der Waals surface area contributed by atoms with Crippen LogP contribution >= 0.6 is 24.0 Å². The zero-order valence-corrected chi connectivity index (χ0v) is 12.8. The number of carbonyl (C=O) groups is 1. The van der Waals surface area contributed by atoms with Gasteiger partial charge in [-0.25, -0.2) is 0 Å². The molecule has 0 N–H and O–H groups in total. The summed E-state index contributed by atoms with van der Waals surface area (Å²) in [6.07, 6.45) is 4.64. The average molecular weight is 305 g/mol. The highest BCUT2D eigenvalue weighted by Crippen LogP contribution is 2.47. The van der Waals surface area contributed by atoms with E-state index in [1.807, 2.05) is 12.1 Å². The van der Waals surface area contributed by atoms with E-state index in [9.17, 15) is 4.79 Å². The molecule has 3 rings (SSSR count). The zero-order chi connectivity index (χ0) is 14.3. The predicted octanol–water partition coefficient (Wildman–Crippen LogP) is 3.79. The Kier molecular flexibility index (Phi) is 3.56. The summed E-state index contributed by atoms with van der Waals surface area (Å²) in [6, 6.07) is 3.92. The normalized spacial score (nSPS) is 27.4.